The molecule has 3 heterocycles. The number of piperazine rings is 1. The first-order valence-corrected chi connectivity index (χ1v) is 10.8. The molecule has 2 aromatic rings. The zero-order valence-electron chi connectivity index (χ0n) is 17.5. The lowest BCUT2D eigenvalue weighted by atomic mass is 10.1. The van der Waals surface area contributed by atoms with Gasteiger partial charge in [0.05, 0.1) is 11.4 Å². The van der Waals surface area contributed by atoms with Gasteiger partial charge in [-0.15, -0.1) is 0 Å². The molecule has 4 rings (SSSR count). The number of carbonyl (C=O) groups excluding carboxylic acids is 2. The minimum Gasteiger partial charge on any atom is -0.368 e. The van der Waals surface area contributed by atoms with Gasteiger partial charge in [-0.05, 0) is 31.2 Å². The first-order chi connectivity index (χ1) is 14.7. The molecule has 0 unspecified atom stereocenters. The summed E-state index contributed by atoms with van der Waals surface area (Å²) in [5.41, 5.74) is 2.04. The minimum atomic E-state index is 0.0266. The molecular formula is C23H29N5O2. The van der Waals surface area contributed by atoms with Gasteiger partial charge in [0, 0.05) is 64.9 Å². The molecule has 0 saturated carbocycles. The smallest absolute Gasteiger partial charge is 0.227 e. The Bertz CT molecular complexity index is 880. The lowest BCUT2D eigenvalue weighted by Gasteiger charge is -2.37. The molecule has 1 aromatic heterocycles. The van der Waals surface area contributed by atoms with E-state index in [0.29, 0.717) is 19.6 Å². The van der Waals surface area contributed by atoms with Crippen molar-refractivity contribution in [3.63, 3.8) is 0 Å². The number of nitrogens with zero attached hydrogens (tertiary/aromatic N) is 5. The van der Waals surface area contributed by atoms with Gasteiger partial charge in [-0.3, -0.25) is 9.59 Å². The van der Waals surface area contributed by atoms with E-state index in [1.54, 1.807) is 6.20 Å². The first kappa shape index (κ1) is 20.2. The van der Waals surface area contributed by atoms with Gasteiger partial charge in [-0.1, -0.05) is 18.2 Å². The van der Waals surface area contributed by atoms with Gasteiger partial charge < -0.3 is 19.6 Å². The van der Waals surface area contributed by atoms with E-state index in [2.05, 4.69) is 27.8 Å². The predicted molar refractivity (Wildman–Crippen MR) is 119 cm³/mol. The Hall–Kier alpha value is -3.09. The van der Waals surface area contributed by atoms with Gasteiger partial charge in [0.2, 0.25) is 11.8 Å². The first-order valence-electron chi connectivity index (χ1n) is 10.8. The zero-order chi connectivity index (χ0) is 20.9. The third-order valence-corrected chi connectivity index (χ3v) is 5.95. The monoisotopic (exact) mass is 407 g/mol. The quantitative estimate of drug-likeness (QED) is 0.762. The van der Waals surface area contributed by atoms with Crippen LogP contribution in [-0.2, 0) is 9.59 Å². The van der Waals surface area contributed by atoms with Crippen LogP contribution in [0.15, 0.2) is 48.7 Å². The number of hydrogen-bond acceptors (Lipinski definition) is 5. The van der Waals surface area contributed by atoms with Crippen molar-refractivity contribution in [2.24, 2.45) is 0 Å². The van der Waals surface area contributed by atoms with E-state index in [4.69, 9.17) is 0 Å². The number of hydrogen-bond donors (Lipinski definition) is 0. The number of aromatic nitrogens is 1. The van der Waals surface area contributed by atoms with E-state index < -0.39 is 0 Å². The minimum absolute atomic E-state index is 0.0266. The standard InChI is InChI=1S/C23H29N5O2/c1-2-25-17-18-28(20-8-4-3-7-19(20)25)23(30)11-10-22(29)27-15-13-26(14-16-27)21-9-5-6-12-24-21/h3-9,12H,2,10-11,13-18H2,1H3. The third kappa shape index (κ3) is 4.25. The second kappa shape index (κ2) is 9.15. The molecule has 0 spiro atoms. The molecule has 7 nitrogen and oxygen atoms in total. The van der Waals surface area contributed by atoms with Gasteiger partial charge in [0.15, 0.2) is 0 Å². The van der Waals surface area contributed by atoms with Crippen LogP contribution in [-0.4, -0.2) is 67.5 Å². The Morgan fingerprint density at radius 3 is 2.23 bits per heavy atom. The molecule has 158 valence electrons. The van der Waals surface area contributed by atoms with E-state index >= 15 is 0 Å². The van der Waals surface area contributed by atoms with Crippen molar-refractivity contribution >= 4 is 29.0 Å². The van der Waals surface area contributed by atoms with Crippen LogP contribution in [0, 0.1) is 0 Å². The Kier molecular flexibility index (Phi) is 6.16. The average Bonchev–Trinajstić information content (AvgIpc) is 2.82. The molecule has 0 N–H and O–H groups in total. The molecule has 1 saturated heterocycles. The van der Waals surface area contributed by atoms with Gasteiger partial charge >= 0.3 is 0 Å². The van der Waals surface area contributed by atoms with Crippen molar-refractivity contribution in [2.75, 3.05) is 60.5 Å². The van der Waals surface area contributed by atoms with Gasteiger partial charge in [0.1, 0.15) is 5.82 Å². The second-order valence-corrected chi connectivity index (χ2v) is 7.67. The van der Waals surface area contributed by atoms with E-state index in [0.717, 1.165) is 43.4 Å². The lowest BCUT2D eigenvalue weighted by Crippen LogP contribution is -2.49. The predicted octanol–water partition coefficient (Wildman–Crippen LogP) is 2.38. The van der Waals surface area contributed by atoms with Crippen LogP contribution in [0.4, 0.5) is 17.2 Å². The third-order valence-electron chi connectivity index (χ3n) is 5.95. The van der Waals surface area contributed by atoms with Crippen LogP contribution in [0.5, 0.6) is 0 Å². The molecule has 2 amide bonds. The van der Waals surface area contributed by atoms with Crippen LogP contribution in [0.25, 0.3) is 0 Å². The molecular weight excluding hydrogens is 378 g/mol. The summed E-state index contributed by atoms with van der Waals surface area (Å²) in [6.45, 7) is 7.40. The van der Waals surface area contributed by atoms with E-state index in [1.807, 2.05) is 46.2 Å². The van der Waals surface area contributed by atoms with E-state index in [1.165, 1.54) is 0 Å². The van der Waals surface area contributed by atoms with Crippen molar-refractivity contribution in [3.05, 3.63) is 48.7 Å². The number of anilines is 3. The maximum Gasteiger partial charge on any atom is 0.227 e. The van der Waals surface area contributed by atoms with Crippen molar-refractivity contribution in [2.45, 2.75) is 19.8 Å². The van der Waals surface area contributed by atoms with Crippen LogP contribution in [0.3, 0.4) is 0 Å². The molecule has 2 aliphatic heterocycles. The summed E-state index contributed by atoms with van der Waals surface area (Å²) in [4.78, 5) is 38.2. The number of amides is 2. The van der Waals surface area contributed by atoms with Gasteiger partial charge in [-0.2, -0.15) is 0 Å². The number of likely N-dealkylation sites (N-methyl/N-ethyl adjacent to an activating group) is 1. The topological polar surface area (TPSA) is 60.0 Å². The second-order valence-electron chi connectivity index (χ2n) is 7.67. The highest BCUT2D eigenvalue weighted by molar-refractivity contribution is 5.99. The molecule has 2 aliphatic rings. The largest absolute Gasteiger partial charge is 0.368 e. The average molecular weight is 408 g/mol. The number of benzene rings is 1. The maximum atomic E-state index is 12.9. The van der Waals surface area contributed by atoms with Gasteiger partial charge in [-0.25, -0.2) is 4.98 Å². The molecule has 30 heavy (non-hydrogen) atoms. The highest BCUT2D eigenvalue weighted by Gasteiger charge is 2.27. The molecule has 7 heteroatoms. The lowest BCUT2D eigenvalue weighted by molar-refractivity contribution is -0.133. The Morgan fingerprint density at radius 1 is 0.833 bits per heavy atom. The number of carbonyl (C=O) groups is 2. The summed E-state index contributed by atoms with van der Waals surface area (Å²) in [7, 11) is 0. The SMILES string of the molecule is CCN1CCN(C(=O)CCC(=O)N2CCN(c3ccccn3)CC2)c2ccccc21. The fourth-order valence-corrected chi connectivity index (χ4v) is 4.24. The number of para-hydroxylation sites is 2. The number of fused-ring (bicyclic) bond motifs is 1. The van der Waals surface area contributed by atoms with Crippen molar-refractivity contribution in [3.8, 4) is 0 Å². The van der Waals surface area contributed by atoms with E-state index in [9.17, 15) is 9.59 Å². The Morgan fingerprint density at radius 2 is 1.53 bits per heavy atom. The zero-order valence-corrected chi connectivity index (χ0v) is 17.5. The summed E-state index contributed by atoms with van der Waals surface area (Å²) in [6.07, 6.45) is 2.30. The number of rotatable bonds is 5. The highest BCUT2D eigenvalue weighted by Crippen LogP contribution is 2.33. The van der Waals surface area contributed by atoms with Gasteiger partial charge in [0.25, 0.3) is 0 Å². The van der Waals surface area contributed by atoms with E-state index in [-0.39, 0.29) is 24.7 Å². The molecule has 0 radical (unpaired) electrons. The number of pyridine rings is 1. The van der Waals surface area contributed by atoms with Crippen molar-refractivity contribution in [1.82, 2.24) is 9.88 Å². The summed E-state index contributed by atoms with van der Waals surface area (Å²) >= 11 is 0. The summed E-state index contributed by atoms with van der Waals surface area (Å²) < 4.78 is 0. The molecule has 1 fully saturated rings. The molecule has 0 bridgehead atoms. The Balaban J connectivity index is 1.30. The van der Waals surface area contributed by atoms with Crippen LogP contribution in [0.2, 0.25) is 0 Å². The maximum absolute atomic E-state index is 12.9. The van der Waals surface area contributed by atoms with Crippen LogP contribution >= 0.6 is 0 Å². The fourth-order valence-electron chi connectivity index (χ4n) is 4.24. The fraction of sp³-hybridized carbons (Fsp3) is 0.435. The van der Waals surface area contributed by atoms with Crippen molar-refractivity contribution in [1.29, 1.82) is 0 Å². The van der Waals surface area contributed by atoms with Crippen molar-refractivity contribution < 1.29 is 9.59 Å². The normalized spacial score (nSPS) is 16.4. The van der Waals surface area contributed by atoms with Crippen LogP contribution < -0.4 is 14.7 Å². The summed E-state index contributed by atoms with van der Waals surface area (Å²) in [6, 6.07) is 13.9. The Labute approximate surface area is 177 Å². The highest BCUT2D eigenvalue weighted by atomic mass is 16.2. The summed E-state index contributed by atoms with van der Waals surface area (Å²) in [5, 5.41) is 0. The summed E-state index contributed by atoms with van der Waals surface area (Å²) in [5.74, 6) is 1.04. The van der Waals surface area contributed by atoms with Crippen LogP contribution in [0.1, 0.15) is 19.8 Å². The molecule has 1 aromatic carbocycles. The molecule has 0 aliphatic carbocycles. The molecule has 0 atom stereocenters.